The molecule has 9 heteroatoms. The third-order valence-corrected chi connectivity index (χ3v) is 14.1. The summed E-state index contributed by atoms with van der Waals surface area (Å²) < 4.78 is 87.7. The zero-order valence-corrected chi connectivity index (χ0v) is 36.9. The predicted octanol–water partition coefficient (Wildman–Crippen LogP) is 17.0. The highest BCUT2D eigenvalue weighted by molar-refractivity contribution is 6.15. The van der Waals surface area contributed by atoms with Crippen molar-refractivity contribution in [2.75, 3.05) is 0 Å². The molecule has 0 atom stereocenters. The van der Waals surface area contributed by atoms with Crippen LogP contribution in [0, 0.1) is 11.6 Å². The van der Waals surface area contributed by atoms with Gasteiger partial charge < -0.3 is 18.3 Å². The lowest BCUT2D eigenvalue weighted by molar-refractivity contribution is -0.137. The predicted molar refractivity (Wildman–Crippen MR) is 274 cm³/mol. The van der Waals surface area contributed by atoms with Crippen LogP contribution in [-0.2, 0) is 6.18 Å². The van der Waals surface area contributed by atoms with Crippen molar-refractivity contribution in [3.05, 3.63) is 230 Å². The Kier molecular flexibility index (Phi) is 8.47. The summed E-state index contributed by atoms with van der Waals surface area (Å²) in [4.78, 5) is 0. The topological polar surface area (TPSA) is 19.7 Å². The number of benzene rings is 10. The number of aromatic nitrogens is 4. The van der Waals surface area contributed by atoms with E-state index in [1.54, 1.807) is 0 Å². The highest BCUT2D eigenvalue weighted by Gasteiger charge is 2.37. The number of fused-ring (bicyclic) bond motifs is 12. The van der Waals surface area contributed by atoms with Crippen LogP contribution in [0.15, 0.2) is 212 Å². The van der Waals surface area contributed by atoms with Crippen LogP contribution in [-0.4, -0.2) is 18.3 Å². The van der Waals surface area contributed by atoms with Gasteiger partial charge in [-0.1, -0.05) is 115 Å². The van der Waals surface area contributed by atoms with Gasteiger partial charge >= 0.3 is 6.18 Å². The maximum Gasteiger partial charge on any atom is 0.417 e. The molecule has 0 bridgehead atoms. The van der Waals surface area contributed by atoms with Crippen LogP contribution in [0.25, 0.3) is 121 Å². The summed E-state index contributed by atoms with van der Waals surface area (Å²) in [5, 5.41) is 7.75. The van der Waals surface area contributed by atoms with Gasteiger partial charge in [0, 0.05) is 60.0 Å². The van der Waals surface area contributed by atoms with Crippen molar-refractivity contribution in [3.63, 3.8) is 0 Å². The Labute approximate surface area is 395 Å². The molecule has 0 saturated carbocycles. The monoisotopic (exact) mass is 918 g/mol. The molecule has 0 spiro atoms. The second kappa shape index (κ2) is 14.8. The fourth-order valence-electron chi connectivity index (χ4n) is 11.3. The van der Waals surface area contributed by atoms with Crippen LogP contribution in [0.3, 0.4) is 0 Å². The molecule has 0 N–H and O–H groups in total. The third kappa shape index (κ3) is 5.69. The van der Waals surface area contributed by atoms with Crippen molar-refractivity contribution in [1.82, 2.24) is 18.3 Å². The summed E-state index contributed by atoms with van der Waals surface area (Å²) in [5.74, 6) is -2.20. The molecule has 0 saturated heterocycles. The van der Waals surface area contributed by atoms with E-state index in [-0.39, 0.29) is 5.69 Å². The molecule has 0 aliphatic heterocycles. The number of nitrogens with zero attached hydrogens (tertiary/aromatic N) is 4. The number of halogens is 5. The van der Waals surface area contributed by atoms with Gasteiger partial charge in [0.25, 0.3) is 0 Å². The summed E-state index contributed by atoms with van der Waals surface area (Å²) in [7, 11) is 0. The van der Waals surface area contributed by atoms with Gasteiger partial charge in [0.15, 0.2) is 0 Å². The van der Waals surface area contributed by atoms with Crippen molar-refractivity contribution in [2.45, 2.75) is 6.18 Å². The van der Waals surface area contributed by atoms with Crippen molar-refractivity contribution < 1.29 is 22.0 Å². The average Bonchev–Trinajstić information content (AvgIpc) is 4.11. The van der Waals surface area contributed by atoms with Crippen molar-refractivity contribution >= 4 is 87.2 Å². The molecule has 0 aliphatic rings. The second-order valence-corrected chi connectivity index (χ2v) is 17.8. The van der Waals surface area contributed by atoms with Gasteiger partial charge in [0.1, 0.15) is 11.6 Å². The van der Waals surface area contributed by atoms with Gasteiger partial charge in [-0.25, -0.2) is 8.78 Å². The summed E-state index contributed by atoms with van der Waals surface area (Å²) in [5.41, 5.74) is 6.54. The fourth-order valence-corrected chi connectivity index (χ4v) is 11.3. The van der Waals surface area contributed by atoms with Gasteiger partial charge in [0.2, 0.25) is 0 Å². The van der Waals surface area contributed by atoms with E-state index in [2.05, 4.69) is 69.8 Å². The first kappa shape index (κ1) is 40.1. The second-order valence-electron chi connectivity index (χ2n) is 17.8. The molecule has 14 rings (SSSR count). The maximum absolute atomic E-state index is 16.0. The lowest BCUT2D eigenvalue weighted by Gasteiger charge is -2.22. The summed E-state index contributed by atoms with van der Waals surface area (Å²) in [6.07, 6.45) is -5.02. The largest absolute Gasteiger partial charge is 0.417 e. The van der Waals surface area contributed by atoms with E-state index in [1.165, 1.54) is 6.07 Å². The zero-order chi connectivity index (χ0) is 47.0. The lowest BCUT2D eigenvalue weighted by atomic mass is 9.96. The van der Waals surface area contributed by atoms with E-state index in [1.807, 2.05) is 130 Å². The van der Waals surface area contributed by atoms with Crippen LogP contribution in [0.4, 0.5) is 22.0 Å². The molecular weight excluding hydrogens is 884 g/mol. The quantitative estimate of drug-likeness (QED) is 0.153. The molecule has 70 heavy (non-hydrogen) atoms. The van der Waals surface area contributed by atoms with E-state index in [0.29, 0.717) is 27.8 Å². The molecule has 4 nitrogen and oxygen atoms in total. The Balaban J connectivity index is 1.09. The normalized spacial score (nSPS) is 12.4. The summed E-state index contributed by atoms with van der Waals surface area (Å²) in [6, 6.07) is 66.1. The van der Waals surface area contributed by atoms with E-state index < -0.39 is 34.5 Å². The molecule has 4 aromatic heterocycles. The molecule has 10 aromatic carbocycles. The SMILES string of the molecule is Fc1cccc(F)c1-c1cc(-n2c3ccccc3c3cc(-n4c5ccccc5c5ccccc54)ccc32)c(-n2c3ccccc3c3cc(-n4c5ccccc5c5ccccc54)ccc32)cc1C(F)(F)F. The van der Waals surface area contributed by atoms with Crippen LogP contribution in [0.5, 0.6) is 0 Å². The smallest absolute Gasteiger partial charge is 0.309 e. The molecule has 0 unspecified atom stereocenters. The van der Waals surface area contributed by atoms with Gasteiger partial charge in [-0.3, -0.25) is 0 Å². The first-order valence-electron chi connectivity index (χ1n) is 23.0. The van der Waals surface area contributed by atoms with E-state index in [9.17, 15) is 0 Å². The van der Waals surface area contributed by atoms with Crippen molar-refractivity contribution in [2.24, 2.45) is 0 Å². The van der Waals surface area contributed by atoms with Crippen LogP contribution in [0.2, 0.25) is 0 Å². The highest BCUT2D eigenvalue weighted by Crippen LogP contribution is 2.47. The van der Waals surface area contributed by atoms with Gasteiger partial charge in [-0.05, 0) is 97.1 Å². The highest BCUT2D eigenvalue weighted by atomic mass is 19.4. The minimum atomic E-state index is -5.02. The number of rotatable bonds is 5. The maximum atomic E-state index is 16.0. The standard InChI is InChI=1S/C61H35F5N4/c62-48-20-13-21-49(63)60(48)46-34-58(69-54-26-11-5-18-42(54)44-32-36(28-30-56(44)69)67-50-22-7-1-14-38(50)39-15-2-8-23-51(39)67)59(35-47(46)61(64,65)66)70-55-27-12-6-19-43(55)45-33-37(29-31-57(45)70)68-52-24-9-3-16-40(52)41-17-4-10-25-53(41)68/h1-35H. The van der Waals surface area contributed by atoms with Crippen LogP contribution in [0.1, 0.15) is 5.56 Å². The third-order valence-electron chi connectivity index (χ3n) is 14.1. The molecular formula is C61H35F5N4. The fraction of sp³-hybridized carbons (Fsp3) is 0.0164. The van der Waals surface area contributed by atoms with Crippen molar-refractivity contribution in [3.8, 4) is 33.9 Å². The molecule has 0 amide bonds. The minimum absolute atomic E-state index is 0.178. The molecule has 0 fully saturated rings. The first-order chi connectivity index (χ1) is 34.2. The van der Waals surface area contributed by atoms with Crippen LogP contribution < -0.4 is 0 Å². The number of alkyl halides is 3. The first-order valence-corrected chi connectivity index (χ1v) is 23.0. The Morgan fingerprint density at radius 3 is 0.971 bits per heavy atom. The van der Waals surface area contributed by atoms with E-state index in [4.69, 9.17) is 0 Å². The summed E-state index contributed by atoms with van der Waals surface area (Å²) >= 11 is 0. The molecule has 4 heterocycles. The number of para-hydroxylation sites is 6. The molecule has 0 radical (unpaired) electrons. The van der Waals surface area contributed by atoms with Crippen LogP contribution >= 0.6 is 0 Å². The van der Waals surface area contributed by atoms with Gasteiger partial charge in [0.05, 0.1) is 66.6 Å². The average molecular weight is 919 g/mol. The zero-order valence-electron chi connectivity index (χ0n) is 36.9. The molecule has 14 aromatic rings. The van der Waals surface area contributed by atoms with Gasteiger partial charge in [-0.2, -0.15) is 13.2 Å². The Bertz CT molecular complexity index is 4380. The van der Waals surface area contributed by atoms with E-state index >= 15 is 22.0 Å². The van der Waals surface area contributed by atoms with Gasteiger partial charge in [-0.15, -0.1) is 0 Å². The van der Waals surface area contributed by atoms with E-state index in [0.717, 1.165) is 101 Å². The number of hydrogen-bond donors (Lipinski definition) is 0. The number of hydrogen-bond acceptors (Lipinski definition) is 0. The van der Waals surface area contributed by atoms with Crippen molar-refractivity contribution in [1.29, 1.82) is 0 Å². The molecule has 334 valence electrons. The lowest BCUT2D eigenvalue weighted by Crippen LogP contribution is -2.13. The molecule has 0 aliphatic carbocycles. The Morgan fingerprint density at radius 1 is 0.286 bits per heavy atom. The minimum Gasteiger partial charge on any atom is -0.309 e. The Hall–Kier alpha value is -8.95. The Morgan fingerprint density at radius 2 is 0.600 bits per heavy atom. The summed E-state index contributed by atoms with van der Waals surface area (Å²) in [6.45, 7) is 0.